The maximum absolute atomic E-state index is 5.98. The van der Waals surface area contributed by atoms with Crippen LogP contribution in [0.1, 0.15) is 45.3 Å². The van der Waals surface area contributed by atoms with Gasteiger partial charge in [-0.15, -0.1) is 0 Å². The van der Waals surface area contributed by atoms with Gasteiger partial charge in [0, 0.05) is 26.1 Å². The summed E-state index contributed by atoms with van der Waals surface area (Å²) in [4.78, 5) is 2.38. The summed E-state index contributed by atoms with van der Waals surface area (Å²) in [7, 11) is 0. The average molecular weight is 266 g/mol. The van der Waals surface area contributed by atoms with Gasteiger partial charge in [-0.1, -0.05) is 6.92 Å². The van der Waals surface area contributed by atoms with Crippen LogP contribution in [0.3, 0.4) is 0 Å². The number of nitrogens with zero attached hydrogens (tertiary/aromatic N) is 1. The SMILES string of the molecule is CCc1ccc(C(CN)N2CC(C)OC(C)(C)C2)o1. The predicted molar refractivity (Wildman–Crippen MR) is 76.1 cm³/mol. The Balaban J connectivity index is 2.16. The second-order valence-corrected chi connectivity index (χ2v) is 6.03. The Hall–Kier alpha value is -0.840. The first kappa shape index (κ1) is 14.6. The van der Waals surface area contributed by atoms with E-state index in [9.17, 15) is 0 Å². The number of nitrogens with two attached hydrogens (primary N) is 1. The molecule has 4 nitrogen and oxygen atoms in total. The first-order chi connectivity index (χ1) is 8.95. The summed E-state index contributed by atoms with van der Waals surface area (Å²) in [6.07, 6.45) is 1.14. The molecular weight excluding hydrogens is 240 g/mol. The Kier molecular flexibility index (Phi) is 4.33. The van der Waals surface area contributed by atoms with Crippen LogP contribution in [0.2, 0.25) is 0 Å². The Morgan fingerprint density at radius 2 is 2.21 bits per heavy atom. The molecule has 0 aliphatic carbocycles. The predicted octanol–water partition coefficient (Wildman–Crippen LogP) is 2.34. The van der Waals surface area contributed by atoms with Crippen LogP contribution >= 0.6 is 0 Å². The van der Waals surface area contributed by atoms with Crippen molar-refractivity contribution in [3.8, 4) is 0 Å². The zero-order chi connectivity index (χ0) is 14.0. The smallest absolute Gasteiger partial charge is 0.122 e. The Morgan fingerprint density at radius 1 is 1.47 bits per heavy atom. The van der Waals surface area contributed by atoms with Gasteiger partial charge >= 0.3 is 0 Å². The monoisotopic (exact) mass is 266 g/mol. The summed E-state index contributed by atoms with van der Waals surface area (Å²) in [6.45, 7) is 10.8. The van der Waals surface area contributed by atoms with E-state index in [1.165, 1.54) is 0 Å². The van der Waals surface area contributed by atoms with Crippen LogP contribution in [0.5, 0.6) is 0 Å². The van der Waals surface area contributed by atoms with Crippen LogP contribution in [-0.2, 0) is 11.2 Å². The van der Waals surface area contributed by atoms with Gasteiger partial charge in [0.25, 0.3) is 0 Å². The zero-order valence-corrected chi connectivity index (χ0v) is 12.5. The molecule has 1 aliphatic rings. The van der Waals surface area contributed by atoms with Gasteiger partial charge in [-0.25, -0.2) is 0 Å². The third-order valence-electron chi connectivity index (χ3n) is 3.62. The molecule has 1 aliphatic heterocycles. The van der Waals surface area contributed by atoms with E-state index in [2.05, 4.69) is 38.7 Å². The molecule has 2 heterocycles. The van der Waals surface area contributed by atoms with Crippen molar-refractivity contribution in [2.45, 2.75) is 51.9 Å². The zero-order valence-electron chi connectivity index (χ0n) is 12.5. The highest BCUT2D eigenvalue weighted by Crippen LogP contribution is 2.29. The van der Waals surface area contributed by atoms with Crippen LogP contribution in [0.4, 0.5) is 0 Å². The number of rotatable bonds is 4. The molecule has 1 saturated heterocycles. The molecule has 4 heteroatoms. The van der Waals surface area contributed by atoms with Gasteiger partial charge in [-0.3, -0.25) is 4.90 Å². The molecule has 2 N–H and O–H groups in total. The van der Waals surface area contributed by atoms with Crippen LogP contribution in [0.25, 0.3) is 0 Å². The van der Waals surface area contributed by atoms with Crippen molar-refractivity contribution in [3.05, 3.63) is 23.7 Å². The standard InChI is InChI=1S/C15H26N2O2/c1-5-12-6-7-14(18-12)13(8-16)17-9-11(2)19-15(3,4)10-17/h6-7,11,13H,5,8-10,16H2,1-4H3. The molecule has 0 amide bonds. The van der Waals surface area contributed by atoms with Crippen LogP contribution < -0.4 is 5.73 Å². The number of morpholine rings is 1. The van der Waals surface area contributed by atoms with E-state index in [4.69, 9.17) is 14.9 Å². The number of hydrogen-bond acceptors (Lipinski definition) is 4. The summed E-state index contributed by atoms with van der Waals surface area (Å²) in [6, 6.07) is 4.25. The highest BCUT2D eigenvalue weighted by atomic mass is 16.5. The van der Waals surface area contributed by atoms with Gasteiger partial charge in [0.2, 0.25) is 0 Å². The minimum absolute atomic E-state index is 0.134. The lowest BCUT2D eigenvalue weighted by Crippen LogP contribution is -2.53. The fraction of sp³-hybridized carbons (Fsp3) is 0.733. The molecule has 0 radical (unpaired) electrons. The van der Waals surface area contributed by atoms with Gasteiger partial charge in [0.1, 0.15) is 11.5 Å². The van der Waals surface area contributed by atoms with Crippen molar-refractivity contribution >= 4 is 0 Å². The largest absolute Gasteiger partial charge is 0.464 e. The van der Waals surface area contributed by atoms with E-state index in [0.29, 0.717) is 6.54 Å². The Labute approximate surface area is 115 Å². The minimum Gasteiger partial charge on any atom is -0.464 e. The Morgan fingerprint density at radius 3 is 2.74 bits per heavy atom. The molecule has 1 fully saturated rings. The highest BCUT2D eigenvalue weighted by molar-refractivity contribution is 5.12. The fourth-order valence-electron chi connectivity index (χ4n) is 2.95. The summed E-state index contributed by atoms with van der Waals surface area (Å²) < 4.78 is 11.8. The second-order valence-electron chi connectivity index (χ2n) is 6.03. The van der Waals surface area contributed by atoms with Crippen molar-refractivity contribution in [3.63, 3.8) is 0 Å². The summed E-state index contributed by atoms with van der Waals surface area (Å²) >= 11 is 0. The van der Waals surface area contributed by atoms with Crippen molar-refractivity contribution in [2.24, 2.45) is 5.73 Å². The molecule has 0 aromatic carbocycles. The summed E-state index contributed by atoms with van der Waals surface area (Å²) in [5.74, 6) is 2.00. The highest BCUT2D eigenvalue weighted by Gasteiger charge is 2.35. The Bertz CT molecular complexity index is 414. The van der Waals surface area contributed by atoms with Crippen molar-refractivity contribution in [1.82, 2.24) is 4.90 Å². The molecule has 0 saturated carbocycles. The number of furan rings is 1. The normalized spacial score (nSPS) is 25.4. The van der Waals surface area contributed by atoms with E-state index >= 15 is 0 Å². The van der Waals surface area contributed by atoms with Crippen molar-refractivity contribution in [1.29, 1.82) is 0 Å². The van der Waals surface area contributed by atoms with Gasteiger partial charge in [0.15, 0.2) is 0 Å². The molecule has 2 rings (SSSR count). The quantitative estimate of drug-likeness (QED) is 0.909. The molecule has 2 atom stereocenters. The van der Waals surface area contributed by atoms with Crippen LogP contribution in [0, 0.1) is 0 Å². The third kappa shape index (κ3) is 3.38. The van der Waals surface area contributed by atoms with E-state index in [0.717, 1.165) is 31.0 Å². The molecular formula is C15H26N2O2. The minimum atomic E-state index is -0.134. The number of ether oxygens (including phenoxy) is 1. The van der Waals surface area contributed by atoms with Gasteiger partial charge in [-0.2, -0.15) is 0 Å². The first-order valence-corrected chi connectivity index (χ1v) is 7.15. The van der Waals surface area contributed by atoms with Gasteiger partial charge < -0.3 is 14.9 Å². The lowest BCUT2D eigenvalue weighted by Gasteiger charge is -2.44. The topological polar surface area (TPSA) is 51.6 Å². The van der Waals surface area contributed by atoms with E-state index < -0.39 is 0 Å². The van der Waals surface area contributed by atoms with Crippen molar-refractivity contribution in [2.75, 3.05) is 19.6 Å². The molecule has 19 heavy (non-hydrogen) atoms. The molecule has 0 spiro atoms. The van der Waals surface area contributed by atoms with Crippen LogP contribution in [-0.4, -0.2) is 36.2 Å². The molecule has 108 valence electrons. The van der Waals surface area contributed by atoms with E-state index in [1.54, 1.807) is 0 Å². The lowest BCUT2D eigenvalue weighted by atomic mass is 10.0. The number of aryl methyl sites for hydroxylation is 1. The summed E-state index contributed by atoms with van der Waals surface area (Å²) in [5, 5.41) is 0. The molecule has 1 aromatic heterocycles. The maximum atomic E-state index is 5.98. The molecule has 2 unspecified atom stereocenters. The fourth-order valence-corrected chi connectivity index (χ4v) is 2.95. The van der Waals surface area contributed by atoms with E-state index in [1.807, 2.05) is 6.07 Å². The maximum Gasteiger partial charge on any atom is 0.122 e. The van der Waals surface area contributed by atoms with Crippen LogP contribution in [0.15, 0.2) is 16.5 Å². The van der Waals surface area contributed by atoms with Gasteiger partial charge in [-0.05, 0) is 32.9 Å². The molecule has 0 bridgehead atoms. The average Bonchev–Trinajstić information content (AvgIpc) is 2.76. The lowest BCUT2D eigenvalue weighted by molar-refractivity contribution is -0.139. The van der Waals surface area contributed by atoms with Crippen molar-refractivity contribution < 1.29 is 9.15 Å². The first-order valence-electron chi connectivity index (χ1n) is 7.15. The molecule has 1 aromatic rings. The second kappa shape index (κ2) is 5.65. The van der Waals surface area contributed by atoms with Gasteiger partial charge in [0.05, 0.1) is 17.7 Å². The van der Waals surface area contributed by atoms with E-state index in [-0.39, 0.29) is 17.7 Å². The third-order valence-corrected chi connectivity index (χ3v) is 3.62. The summed E-state index contributed by atoms with van der Waals surface area (Å²) in [5.41, 5.74) is 5.84. The number of hydrogen-bond donors (Lipinski definition) is 1.